The maximum Gasteiger partial charge on any atom is 0.249 e. The SMILES string of the molecule is CCC(C)C(NC(=O)C(C)C)C(=O)Nc1nnc(-c2ccc(OC)cc2)s1. The predicted octanol–water partition coefficient (Wildman–Crippen LogP) is 3.34. The smallest absolute Gasteiger partial charge is 0.249 e. The fraction of sp³-hybridized carbons (Fsp3) is 0.474. The topological polar surface area (TPSA) is 93.2 Å². The molecule has 1 heterocycles. The maximum atomic E-state index is 12.7. The number of nitrogens with zero attached hydrogens (tertiary/aromatic N) is 2. The van der Waals surface area contributed by atoms with Gasteiger partial charge in [0.1, 0.15) is 16.8 Å². The van der Waals surface area contributed by atoms with Crippen LogP contribution in [0.3, 0.4) is 0 Å². The highest BCUT2D eigenvalue weighted by Crippen LogP contribution is 2.28. The summed E-state index contributed by atoms with van der Waals surface area (Å²) in [6.07, 6.45) is 0.768. The zero-order valence-electron chi connectivity index (χ0n) is 16.3. The first kappa shape index (κ1) is 20.8. The summed E-state index contributed by atoms with van der Waals surface area (Å²) in [5, 5.41) is 14.9. The first-order chi connectivity index (χ1) is 12.8. The number of hydrogen-bond acceptors (Lipinski definition) is 6. The lowest BCUT2D eigenvalue weighted by molar-refractivity contribution is -0.129. The van der Waals surface area contributed by atoms with Crippen LogP contribution in [-0.2, 0) is 9.59 Å². The van der Waals surface area contributed by atoms with Crippen molar-refractivity contribution in [3.8, 4) is 16.3 Å². The molecule has 146 valence electrons. The van der Waals surface area contributed by atoms with Crippen molar-refractivity contribution in [2.24, 2.45) is 11.8 Å². The van der Waals surface area contributed by atoms with E-state index in [4.69, 9.17) is 4.74 Å². The number of carbonyl (C=O) groups excluding carboxylic acids is 2. The summed E-state index contributed by atoms with van der Waals surface area (Å²) in [4.78, 5) is 24.7. The zero-order chi connectivity index (χ0) is 20.0. The Morgan fingerprint density at radius 1 is 1.11 bits per heavy atom. The summed E-state index contributed by atoms with van der Waals surface area (Å²) in [5.74, 6) is 0.144. The highest BCUT2D eigenvalue weighted by atomic mass is 32.1. The Morgan fingerprint density at radius 3 is 2.33 bits per heavy atom. The lowest BCUT2D eigenvalue weighted by Gasteiger charge is -2.23. The Labute approximate surface area is 163 Å². The van der Waals surface area contributed by atoms with E-state index >= 15 is 0 Å². The van der Waals surface area contributed by atoms with Crippen LogP contribution in [0.1, 0.15) is 34.1 Å². The second-order valence-electron chi connectivity index (χ2n) is 6.66. The van der Waals surface area contributed by atoms with Crippen molar-refractivity contribution in [3.05, 3.63) is 24.3 Å². The number of anilines is 1. The molecule has 0 saturated heterocycles. The Balaban J connectivity index is 2.10. The number of ether oxygens (including phenoxy) is 1. The minimum atomic E-state index is -0.613. The average molecular weight is 391 g/mol. The first-order valence-corrected chi connectivity index (χ1v) is 9.76. The lowest BCUT2D eigenvalue weighted by atomic mass is 9.97. The molecule has 0 aliphatic carbocycles. The van der Waals surface area contributed by atoms with E-state index in [2.05, 4.69) is 20.8 Å². The van der Waals surface area contributed by atoms with Gasteiger partial charge in [0.2, 0.25) is 16.9 Å². The van der Waals surface area contributed by atoms with Crippen molar-refractivity contribution in [2.75, 3.05) is 12.4 Å². The minimum Gasteiger partial charge on any atom is -0.497 e. The molecule has 8 heteroatoms. The van der Waals surface area contributed by atoms with Gasteiger partial charge in [-0.05, 0) is 30.2 Å². The molecular formula is C19H26N4O3S. The van der Waals surface area contributed by atoms with Gasteiger partial charge in [-0.3, -0.25) is 14.9 Å². The number of amides is 2. The molecule has 0 saturated carbocycles. The van der Waals surface area contributed by atoms with Crippen LogP contribution in [0.15, 0.2) is 24.3 Å². The number of rotatable bonds is 8. The standard InChI is InChI=1S/C19H26N4O3S/c1-6-12(4)15(20-16(24)11(2)3)17(25)21-19-23-22-18(27-19)13-7-9-14(26-5)10-8-13/h7-12,15H,6H2,1-5H3,(H,20,24)(H,21,23,25). The summed E-state index contributed by atoms with van der Waals surface area (Å²) in [6.45, 7) is 7.52. The van der Waals surface area contributed by atoms with Crippen LogP contribution < -0.4 is 15.4 Å². The second kappa shape index (κ2) is 9.45. The number of benzene rings is 1. The number of nitrogens with one attached hydrogen (secondary N) is 2. The van der Waals surface area contributed by atoms with Crippen molar-refractivity contribution in [2.45, 2.75) is 40.2 Å². The highest BCUT2D eigenvalue weighted by molar-refractivity contribution is 7.18. The summed E-state index contributed by atoms with van der Waals surface area (Å²) in [7, 11) is 1.61. The molecule has 7 nitrogen and oxygen atoms in total. The Morgan fingerprint density at radius 2 is 1.78 bits per heavy atom. The summed E-state index contributed by atoms with van der Waals surface area (Å²) in [6, 6.07) is 6.84. The number of hydrogen-bond donors (Lipinski definition) is 2. The van der Waals surface area contributed by atoms with Crippen molar-refractivity contribution in [1.82, 2.24) is 15.5 Å². The third-order valence-corrected chi connectivity index (χ3v) is 5.20. The second-order valence-corrected chi connectivity index (χ2v) is 7.63. The molecule has 0 spiro atoms. The third kappa shape index (κ3) is 5.50. The fourth-order valence-electron chi connectivity index (χ4n) is 2.33. The molecule has 2 N–H and O–H groups in total. The quantitative estimate of drug-likeness (QED) is 0.721. The van der Waals surface area contributed by atoms with Crippen molar-refractivity contribution in [1.29, 1.82) is 0 Å². The fourth-order valence-corrected chi connectivity index (χ4v) is 3.08. The molecule has 2 rings (SSSR count). The van der Waals surface area contributed by atoms with Crippen molar-refractivity contribution < 1.29 is 14.3 Å². The molecule has 1 aromatic heterocycles. The van der Waals surface area contributed by atoms with Gasteiger partial charge in [-0.1, -0.05) is 45.5 Å². The molecule has 0 bridgehead atoms. The third-order valence-electron chi connectivity index (χ3n) is 4.31. The Hall–Kier alpha value is -2.48. The molecule has 1 aromatic carbocycles. The van der Waals surface area contributed by atoms with E-state index < -0.39 is 6.04 Å². The Bertz CT molecular complexity index is 774. The van der Waals surface area contributed by atoms with E-state index in [9.17, 15) is 9.59 Å². The van der Waals surface area contributed by atoms with Crippen molar-refractivity contribution in [3.63, 3.8) is 0 Å². The lowest BCUT2D eigenvalue weighted by Crippen LogP contribution is -2.48. The Kier molecular flexibility index (Phi) is 7.29. The van der Waals surface area contributed by atoms with E-state index in [0.29, 0.717) is 10.1 Å². The molecule has 0 aliphatic heterocycles. The van der Waals surface area contributed by atoms with Gasteiger partial charge in [-0.15, -0.1) is 10.2 Å². The van der Waals surface area contributed by atoms with Gasteiger partial charge in [-0.25, -0.2) is 0 Å². The predicted molar refractivity (Wildman–Crippen MR) is 107 cm³/mol. The van der Waals surface area contributed by atoms with Gasteiger partial charge in [0, 0.05) is 11.5 Å². The van der Waals surface area contributed by atoms with Gasteiger partial charge in [0.05, 0.1) is 7.11 Å². The highest BCUT2D eigenvalue weighted by Gasteiger charge is 2.27. The van der Waals surface area contributed by atoms with Gasteiger partial charge in [0.15, 0.2) is 0 Å². The average Bonchev–Trinajstić information content (AvgIpc) is 3.13. The van der Waals surface area contributed by atoms with Crippen LogP contribution in [0.4, 0.5) is 5.13 Å². The van der Waals surface area contributed by atoms with Crippen molar-refractivity contribution >= 4 is 28.3 Å². The molecule has 2 amide bonds. The zero-order valence-corrected chi connectivity index (χ0v) is 17.1. The van der Waals surface area contributed by atoms with E-state index in [0.717, 1.165) is 17.7 Å². The molecular weight excluding hydrogens is 364 g/mol. The largest absolute Gasteiger partial charge is 0.497 e. The van der Waals surface area contributed by atoms with Gasteiger partial charge in [-0.2, -0.15) is 0 Å². The van der Waals surface area contributed by atoms with E-state index in [1.807, 2.05) is 38.1 Å². The summed E-state index contributed by atoms with van der Waals surface area (Å²) >= 11 is 1.28. The van der Waals surface area contributed by atoms with Gasteiger partial charge >= 0.3 is 0 Å². The first-order valence-electron chi connectivity index (χ1n) is 8.94. The molecule has 0 aliphatic rings. The van der Waals surface area contributed by atoms with Crippen LogP contribution in [-0.4, -0.2) is 35.2 Å². The minimum absolute atomic E-state index is 0.00156. The normalized spacial score (nSPS) is 13.1. The van der Waals surface area contributed by atoms with E-state index in [-0.39, 0.29) is 23.7 Å². The maximum absolute atomic E-state index is 12.7. The summed E-state index contributed by atoms with van der Waals surface area (Å²) < 4.78 is 5.15. The number of methoxy groups -OCH3 is 1. The van der Waals surface area contributed by atoms with Crippen LogP contribution in [0.2, 0.25) is 0 Å². The van der Waals surface area contributed by atoms with Gasteiger partial charge in [0.25, 0.3) is 0 Å². The summed E-state index contributed by atoms with van der Waals surface area (Å²) in [5.41, 5.74) is 0.889. The van der Waals surface area contributed by atoms with Crippen LogP contribution in [0.25, 0.3) is 10.6 Å². The van der Waals surface area contributed by atoms with Crippen LogP contribution in [0.5, 0.6) is 5.75 Å². The molecule has 0 fully saturated rings. The molecule has 0 radical (unpaired) electrons. The van der Waals surface area contributed by atoms with Gasteiger partial charge < -0.3 is 10.1 Å². The van der Waals surface area contributed by atoms with E-state index in [1.165, 1.54) is 11.3 Å². The molecule has 2 aromatic rings. The number of carbonyl (C=O) groups is 2. The number of aromatic nitrogens is 2. The van der Waals surface area contributed by atoms with Crippen LogP contribution in [0, 0.1) is 11.8 Å². The van der Waals surface area contributed by atoms with E-state index in [1.54, 1.807) is 21.0 Å². The molecule has 2 unspecified atom stereocenters. The van der Waals surface area contributed by atoms with Crippen LogP contribution >= 0.6 is 11.3 Å². The monoisotopic (exact) mass is 390 g/mol. The molecule has 2 atom stereocenters. The molecule has 27 heavy (non-hydrogen) atoms.